The molecule has 0 N–H and O–H groups in total. The first-order valence-electron chi connectivity index (χ1n) is 11.0. The molecule has 3 aromatic carbocycles. The number of para-hydroxylation sites is 2. The zero-order valence-corrected chi connectivity index (χ0v) is 20.2. The van der Waals surface area contributed by atoms with Gasteiger partial charge in [0.2, 0.25) is 0 Å². The van der Waals surface area contributed by atoms with Gasteiger partial charge in [-0.25, -0.2) is 9.78 Å². The van der Waals surface area contributed by atoms with E-state index in [9.17, 15) is 9.59 Å². The number of hydrogen-bond donors (Lipinski definition) is 0. The highest BCUT2D eigenvalue weighted by molar-refractivity contribution is 7.99. The maximum absolute atomic E-state index is 12.3. The molecule has 0 aliphatic carbocycles. The van der Waals surface area contributed by atoms with Gasteiger partial charge in [-0.05, 0) is 55.7 Å². The van der Waals surface area contributed by atoms with Crippen molar-refractivity contribution in [1.29, 1.82) is 0 Å². The number of benzene rings is 3. The minimum absolute atomic E-state index is 0.0356. The molecule has 0 aliphatic rings. The fraction of sp³-hybridized carbons (Fsp3) is 0.222. The van der Waals surface area contributed by atoms with E-state index in [-0.39, 0.29) is 5.75 Å². The van der Waals surface area contributed by atoms with E-state index in [0.29, 0.717) is 12.3 Å². The van der Waals surface area contributed by atoms with Gasteiger partial charge in [0.25, 0.3) is 0 Å². The van der Waals surface area contributed by atoms with Gasteiger partial charge >= 0.3 is 11.9 Å². The molecule has 0 atom stereocenters. The molecule has 174 valence electrons. The highest BCUT2D eigenvalue weighted by Gasteiger charge is 2.16. The lowest BCUT2D eigenvalue weighted by Crippen LogP contribution is -2.20. The summed E-state index contributed by atoms with van der Waals surface area (Å²) in [6, 6.07) is 21.7. The van der Waals surface area contributed by atoms with Gasteiger partial charge in [-0.15, -0.1) is 0 Å². The Bertz CT molecular complexity index is 1350. The van der Waals surface area contributed by atoms with Crippen molar-refractivity contribution in [2.45, 2.75) is 32.5 Å². The lowest BCUT2D eigenvalue weighted by atomic mass is 10.1. The van der Waals surface area contributed by atoms with Gasteiger partial charge in [0.1, 0.15) is 5.75 Å². The molecule has 0 spiro atoms. The summed E-state index contributed by atoms with van der Waals surface area (Å²) >= 11 is 1.29. The fourth-order valence-electron chi connectivity index (χ4n) is 3.60. The number of nitrogens with zero attached hydrogens (tertiary/aromatic N) is 2. The number of hydrogen-bond acceptors (Lipinski definition) is 6. The van der Waals surface area contributed by atoms with Gasteiger partial charge in [0, 0.05) is 0 Å². The Morgan fingerprint density at radius 2 is 1.74 bits per heavy atom. The third-order valence-electron chi connectivity index (χ3n) is 5.49. The maximum atomic E-state index is 12.3. The third kappa shape index (κ3) is 5.66. The van der Waals surface area contributed by atoms with Gasteiger partial charge in [-0.3, -0.25) is 4.79 Å². The molecule has 1 aromatic heterocycles. The molecule has 7 heteroatoms. The average Bonchev–Trinajstić information content (AvgIpc) is 3.16. The zero-order valence-electron chi connectivity index (χ0n) is 19.4. The number of carbonyl (C=O) groups is 2. The summed E-state index contributed by atoms with van der Waals surface area (Å²) in [5.41, 5.74) is 6.10. The Morgan fingerprint density at radius 3 is 2.56 bits per heavy atom. The molecule has 0 saturated carbocycles. The van der Waals surface area contributed by atoms with Crippen molar-refractivity contribution in [3.05, 3.63) is 89.0 Å². The largest absolute Gasteiger partial charge is 0.453 e. The van der Waals surface area contributed by atoms with Crippen LogP contribution in [0.3, 0.4) is 0 Å². The number of imidazole rings is 1. The summed E-state index contributed by atoms with van der Waals surface area (Å²) < 4.78 is 12.6. The second-order valence-corrected chi connectivity index (χ2v) is 9.02. The zero-order chi connectivity index (χ0) is 24.1. The van der Waals surface area contributed by atoms with Crippen molar-refractivity contribution in [3.63, 3.8) is 0 Å². The second-order valence-electron chi connectivity index (χ2n) is 8.08. The van der Waals surface area contributed by atoms with Crippen LogP contribution in [0.2, 0.25) is 0 Å². The normalized spacial score (nSPS) is 10.9. The number of aromatic nitrogens is 2. The third-order valence-corrected chi connectivity index (χ3v) is 6.44. The van der Waals surface area contributed by atoms with E-state index in [0.717, 1.165) is 32.9 Å². The molecule has 0 bridgehead atoms. The average molecular weight is 475 g/mol. The van der Waals surface area contributed by atoms with E-state index in [4.69, 9.17) is 14.5 Å². The number of ether oxygens (including phenoxy) is 2. The Kier molecular flexibility index (Phi) is 7.33. The number of aryl methyl sites for hydroxylation is 2. The van der Waals surface area contributed by atoms with Crippen LogP contribution in [-0.2, 0) is 20.9 Å². The molecule has 0 saturated heterocycles. The van der Waals surface area contributed by atoms with E-state index < -0.39 is 18.5 Å². The van der Waals surface area contributed by atoms with Crippen LogP contribution < -0.4 is 4.74 Å². The molecule has 0 radical (unpaired) electrons. The van der Waals surface area contributed by atoms with Gasteiger partial charge in [-0.2, -0.15) is 0 Å². The Morgan fingerprint density at radius 1 is 0.941 bits per heavy atom. The summed E-state index contributed by atoms with van der Waals surface area (Å²) in [6.07, 6.45) is 0. The molecule has 1 heterocycles. The number of rotatable bonds is 8. The van der Waals surface area contributed by atoms with Crippen LogP contribution in [0.15, 0.2) is 71.9 Å². The molecule has 0 fully saturated rings. The number of esters is 2. The Labute approximate surface area is 202 Å². The molecular formula is C27H26N2O4S. The van der Waals surface area contributed by atoms with Crippen molar-refractivity contribution >= 4 is 34.7 Å². The second kappa shape index (κ2) is 10.6. The fourth-order valence-corrected chi connectivity index (χ4v) is 4.41. The molecule has 0 aliphatic heterocycles. The summed E-state index contributed by atoms with van der Waals surface area (Å²) in [5, 5.41) is 0.720. The SMILES string of the molecule is Cc1cccc(Cn2c(SCC(=O)OCC(=O)Oc3cccc(C)c3C)nc3ccccc32)c1. The topological polar surface area (TPSA) is 70.4 Å². The van der Waals surface area contributed by atoms with E-state index in [1.165, 1.54) is 17.3 Å². The van der Waals surface area contributed by atoms with Crippen molar-refractivity contribution in [1.82, 2.24) is 9.55 Å². The number of thioether (sulfide) groups is 1. The number of carbonyl (C=O) groups excluding carboxylic acids is 2. The van der Waals surface area contributed by atoms with E-state index in [1.54, 1.807) is 6.07 Å². The van der Waals surface area contributed by atoms with Crippen molar-refractivity contribution in [2.75, 3.05) is 12.4 Å². The van der Waals surface area contributed by atoms with Crippen molar-refractivity contribution in [2.24, 2.45) is 0 Å². The first kappa shape index (κ1) is 23.6. The Hall–Kier alpha value is -3.58. The first-order valence-corrected chi connectivity index (χ1v) is 12.0. The van der Waals surface area contributed by atoms with E-state index in [1.807, 2.05) is 56.3 Å². The molecule has 4 rings (SSSR count). The van der Waals surface area contributed by atoms with Crippen molar-refractivity contribution < 1.29 is 19.1 Å². The van der Waals surface area contributed by atoms with Gasteiger partial charge in [0.15, 0.2) is 11.8 Å². The summed E-state index contributed by atoms with van der Waals surface area (Å²) in [4.78, 5) is 29.2. The van der Waals surface area contributed by atoms with Gasteiger partial charge < -0.3 is 14.0 Å². The standard InChI is InChI=1S/C27H26N2O4S/c1-18-8-6-10-21(14-18)15-29-23-12-5-4-11-22(23)28-27(29)34-17-26(31)32-16-25(30)33-24-13-7-9-19(2)20(24)3/h4-14H,15-17H2,1-3H3. The predicted octanol–water partition coefficient (Wildman–Crippen LogP) is 5.25. The van der Waals surface area contributed by atoms with E-state index >= 15 is 0 Å². The van der Waals surface area contributed by atoms with Crippen LogP contribution in [0.1, 0.15) is 22.3 Å². The monoisotopic (exact) mass is 474 g/mol. The summed E-state index contributed by atoms with van der Waals surface area (Å²) in [5.74, 6) is -0.607. The summed E-state index contributed by atoms with van der Waals surface area (Å²) in [6.45, 7) is 6.08. The van der Waals surface area contributed by atoms with Crippen LogP contribution in [0, 0.1) is 20.8 Å². The maximum Gasteiger partial charge on any atom is 0.349 e. The molecule has 34 heavy (non-hydrogen) atoms. The summed E-state index contributed by atoms with van der Waals surface area (Å²) in [7, 11) is 0. The Balaban J connectivity index is 1.38. The van der Waals surface area contributed by atoms with Crippen LogP contribution in [0.4, 0.5) is 0 Å². The van der Waals surface area contributed by atoms with E-state index in [2.05, 4.69) is 29.7 Å². The highest BCUT2D eigenvalue weighted by atomic mass is 32.2. The molecule has 6 nitrogen and oxygen atoms in total. The quantitative estimate of drug-likeness (QED) is 0.197. The molecule has 0 unspecified atom stereocenters. The highest BCUT2D eigenvalue weighted by Crippen LogP contribution is 2.26. The number of fused-ring (bicyclic) bond motifs is 1. The van der Waals surface area contributed by atoms with Gasteiger partial charge in [-0.1, -0.05) is 65.9 Å². The lowest BCUT2D eigenvalue weighted by Gasteiger charge is -2.10. The first-order chi connectivity index (χ1) is 16.4. The van der Waals surface area contributed by atoms with Crippen molar-refractivity contribution in [3.8, 4) is 5.75 Å². The molecular weight excluding hydrogens is 448 g/mol. The van der Waals surface area contributed by atoms with Gasteiger partial charge in [0.05, 0.1) is 23.3 Å². The van der Waals surface area contributed by atoms with Crippen LogP contribution >= 0.6 is 11.8 Å². The molecule has 4 aromatic rings. The minimum Gasteiger partial charge on any atom is -0.453 e. The van der Waals surface area contributed by atoms with Crippen LogP contribution in [0.25, 0.3) is 11.0 Å². The predicted molar refractivity (Wildman–Crippen MR) is 133 cm³/mol. The molecule has 0 amide bonds. The smallest absolute Gasteiger partial charge is 0.349 e. The van der Waals surface area contributed by atoms with Crippen LogP contribution in [-0.4, -0.2) is 33.8 Å². The minimum atomic E-state index is -0.612. The van der Waals surface area contributed by atoms with Crippen LogP contribution in [0.5, 0.6) is 5.75 Å². The lowest BCUT2D eigenvalue weighted by molar-refractivity contribution is -0.151.